The number of benzene rings is 2. The molecule has 21 heavy (non-hydrogen) atoms. The molecule has 0 amide bonds. The van der Waals surface area contributed by atoms with Crippen molar-refractivity contribution in [2.45, 2.75) is 26.4 Å². The summed E-state index contributed by atoms with van der Waals surface area (Å²) in [7, 11) is 1.41. The van der Waals surface area contributed by atoms with E-state index in [1.54, 1.807) is 6.07 Å². The van der Waals surface area contributed by atoms with Crippen LogP contribution < -0.4 is 4.74 Å². The molecule has 2 nitrogen and oxygen atoms in total. The molecule has 1 N–H and O–H groups in total. The maximum Gasteiger partial charge on any atom is 0.165 e. The van der Waals surface area contributed by atoms with Crippen LogP contribution in [0.3, 0.4) is 0 Å². The van der Waals surface area contributed by atoms with Gasteiger partial charge in [-0.05, 0) is 41.2 Å². The van der Waals surface area contributed by atoms with Crippen molar-refractivity contribution in [3.8, 4) is 5.75 Å². The maximum atomic E-state index is 13.4. The minimum atomic E-state index is -0.785. The number of rotatable bonds is 5. The number of aliphatic hydroxyl groups excluding tert-OH is 1. The Labute approximate surface area is 125 Å². The maximum absolute atomic E-state index is 13.4. The van der Waals surface area contributed by atoms with E-state index in [4.69, 9.17) is 4.74 Å². The van der Waals surface area contributed by atoms with Gasteiger partial charge in [-0.15, -0.1) is 0 Å². The fourth-order valence-corrected chi connectivity index (χ4v) is 2.35. The standard InChI is InChI=1S/C18H21FO2/c1-12(2)10-13-4-6-14(7-5-13)18(20)15-8-9-16(19)17(11-15)21-3/h4-9,11-12,18,20H,10H2,1-3H3. The first-order valence-corrected chi connectivity index (χ1v) is 7.11. The quantitative estimate of drug-likeness (QED) is 0.897. The fourth-order valence-electron chi connectivity index (χ4n) is 2.35. The van der Waals surface area contributed by atoms with Gasteiger partial charge in [-0.3, -0.25) is 0 Å². The SMILES string of the molecule is COc1cc(C(O)c2ccc(CC(C)C)cc2)ccc1F. The van der Waals surface area contributed by atoms with Crippen LogP contribution in [0.25, 0.3) is 0 Å². The first-order chi connectivity index (χ1) is 10.0. The van der Waals surface area contributed by atoms with Crippen molar-refractivity contribution < 1.29 is 14.2 Å². The normalized spacial score (nSPS) is 12.5. The summed E-state index contributed by atoms with van der Waals surface area (Å²) >= 11 is 0. The first-order valence-electron chi connectivity index (χ1n) is 7.11. The predicted octanol–water partition coefficient (Wildman–Crippen LogP) is 4.11. The lowest BCUT2D eigenvalue weighted by atomic mass is 9.97. The smallest absolute Gasteiger partial charge is 0.165 e. The van der Waals surface area contributed by atoms with Gasteiger partial charge in [0.1, 0.15) is 6.10 Å². The predicted molar refractivity (Wildman–Crippen MR) is 82.0 cm³/mol. The second kappa shape index (κ2) is 6.72. The van der Waals surface area contributed by atoms with E-state index in [9.17, 15) is 9.50 Å². The average Bonchev–Trinajstić information content (AvgIpc) is 2.47. The van der Waals surface area contributed by atoms with Crippen LogP contribution in [0.2, 0.25) is 0 Å². The molecule has 0 radical (unpaired) electrons. The van der Waals surface area contributed by atoms with Gasteiger partial charge in [-0.2, -0.15) is 0 Å². The van der Waals surface area contributed by atoms with Crippen molar-refractivity contribution in [2.24, 2.45) is 5.92 Å². The van der Waals surface area contributed by atoms with Gasteiger partial charge in [0.05, 0.1) is 7.11 Å². The highest BCUT2D eigenvalue weighted by Gasteiger charge is 2.13. The van der Waals surface area contributed by atoms with Crippen LogP contribution >= 0.6 is 0 Å². The van der Waals surface area contributed by atoms with Crippen molar-refractivity contribution in [1.29, 1.82) is 0 Å². The number of aliphatic hydroxyl groups is 1. The zero-order valence-electron chi connectivity index (χ0n) is 12.6. The second-order valence-corrected chi connectivity index (χ2v) is 5.64. The van der Waals surface area contributed by atoms with Crippen molar-refractivity contribution >= 4 is 0 Å². The third-order valence-corrected chi connectivity index (χ3v) is 3.43. The molecule has 112 valence electrons. The summed E-state index contributed by atoms with van der Waals surface area (Å²) in [5, 5.41) is 10.4. The van der Waals surface area contributed by atoms with Crippen LogP contribution in [0.4, 0.5) is 4.39 Å². The second-order valence-electron chi connectivity index (χ2n) is 5.64. The number of ether oxygens (including phenoxy) is 1. The molecule has 0 spiro atoms. The Morgan fingerprint density at radius 1 is 1.05 bits per heavy atom. The van der Waals surface area contributed by atoms with Gasteiger partial charge in [0.25, 0.3) is 0 Å². The van der Waals surface area contributed by atoms with Crippen LogP contribution in [-0.2, 0) is 6.42 Å². The van der Waals surface area contributed by atoms with Crippen molar-refractivity contribution in [3.05, 3.63) is 65.0 Å². The Hall–Kier alpha value is -1.87. The molecule has 0 aromatic heterocycles. The summed E-state index contributed by atoms with van der Waals surface area (Å²) < 4.78 is 18.4. The number of methoxy groups -OCH3 is 1. The van der Waals surface area contributed by atoms with Gasteiger partial charge in [0.15, 0.2) is 11.6 Å². The Bertz CT molecular complexity index is 591. The zero-order chi connectivity index (χ0) is 15.4. The van der Waals surface area contributed by atoms with E-state index in [-0.39, 0.29) is 5.75 Å². The van der Waals surface area contributed by atoms with Gasteiger partial charge < -0.3 is 9.84 Å². The highest BCUT2D eigenvalue weighted by Crippen LogP contribution is 2.27. The average molecular weight is 288 g/mol. The summed E-state index contributed by atoms with van der Waals surface area (Å²) in [5.74, 6) is 0.311. The lowest BCUT2D eigenvalue weighted by molar-refractivity contribution is 0.219. The number of hydrogen-bond donors (Lipinski definition) is 1. The van der Waals surface area contributed by atoms with Crippen molar-refractivity contribution in [1.82, 2.24) is 0 Å². The van der Waals surface area contributed by atoms with E-state index in [1.807, 2.05) is 24.3 Å². The van der Waals surface area contributed by atoms with Gasteiger partial charge in [-0.25, -0.2) is 4.39 Å². The van der Waals surface area contributed by atoms with E-state index in [2.05, 4.69) is 13.8 Å². The van der Waals surface area contributed by atoms with E-state index in [0.717, 1.165) is 12.0 Å². The molecule has 1 unspecified atom stereocenters. The van der Waals surface area contributed by atoms with Crippen LogP contribution in [0.15, 0.2) is 42.5 Å². The topological polar surface area (TPSA) is 29.5 Å². The Morgan fingerprint density at radius 3 is 2.24 bits per heavy atom. The molecular formula is C18H21FO2. The van der Waals surface area contributed by atoms with Crippen LogP contribution in [0.5, 0.6) is 5.75 Å². The Morgan fingerprint density at radius 2 is 1.67 bits per heavy atom. The molecule has 0 saturated heterocycles. The highest BCUT2D eigenvalue weighted by atomic mass is 19.1. The highest BCUT2D eigenvalue weighted by molar-refractivity contribution is 5.37. The van der Waals surface area contributed by atoms with Crippen LogP contribution in [0.1, 0.15) is 36.6 Å². The molecule has 0 aliphatic heterocycles. The lowest BCUT2D eigenvalue weighted by Gasteiger charge is -2.14. The van der Waals surface area contributed by atoms with E-state index in [1.165, 1.54) is 24.8 Å². The minimum absolute atomic E-state index is 0.142. The summed E-state index contributed by atoms with van der Waals surface area (Å²) in [6.07, 6.45) is 0.230. The van der Waals surface area contributed by atoms with Gasteiger partial charge in [-0.1, -0.05) is 44.2 Å². The van der Waals surface area contributed by atoms with E-state index < -0.39 is 11.9 Å². The number of hydrogen-bond acceptors (Lipinski definition) is 2. The summed E-state index contributed by atoms with van der Waals surface area (Å²) in [6.45, 7) is 4.35. The molecule has 0 aliphatic carbocycles. The molecule has 0 fully saturated rings. The molecule has 0 saturated carbocycles. The van der Waals surface area contributed by atoms with Crippen LogP contribution in [-0.4, -0.2) is 12.2 Å². The van der Waals surface area contributed by atoms with Crippen molar-refractivity contribution in [2.75, 3.05) is 7.11 Å². The zero-order valence-corrected chi connectivity index (χ0v) is 12.6. The van der Waals surface area contributed by atoms with E-state index >= 15 is 0 Å². The van der Waals surface area contributed by atoms with Gasteiger partial charge >= 0.3 is 0 Å². The molecule has 1 atom stereocenters. The molecule has 0 heterocycles. The first kappa shape index (κ1) is 15.5. The Balaban J connectivity index is 2.21. The third-order valence-electron chi connectivity index (χ3n) is 3.43. The minimum Gasteiger partial charge on any atom is -0.494 e. The molecule has 2 aromatic rings. The lowest BCUT2D eigenvalue weighted by Crippen LogP contribution is -2.02. The van der Waals surface area contributed by atoms with Crippen molar-refractivity contribution in [3.63, 3.8) is 0 Å². The molecule has 0 bridgehead atoms. The van der Waals surface area contributed by atoms with Gasteiger partial charge in [0.2, 0.25) is 0 Å². The fraction of sp³-hybridized carbons (Fsp3) is 0.333. The molecule has 0 aliphatic rings. The van der Waals surface area contributed by atoms with Gasteiger partial charge in [0, 0.05) is 0 Å². The monoisotopic (exact) mass is 288 g/mol. The molecule has 2 rings (SSSR count). The third kappa shape index (κ3) is 3.82. The summed E-state index contributed by atoms with van der Waals surface area (Å²) in [6, 6.07) is 12.3. The summed E-state index contributed by atoms with van der Waals surface area (Å²) in [4.78, 5) is 0. The number of halogens is 1. The largest absolute Gasteiger partial charge is 0.494 e. The van der Waals surface area contributed by atoms with Crippen LogP contribution in [0, 0.1) is 11.7 Å². The summed E-state index contributed by atoms with van der Waals surface area (Å²) in [5.41, 5.74) is 2.65. The van der Waals surface area contributed by atoms with E-state index in [0.29, 0.717) is 11.5 Å². The molecule has 3 heteroatoms. The Kier molecular flexibility index (Phi) is 4.97. The molecule has 2 aromatic carbocycles. The molecular weight excluding hydrogens is 267 g/mol.